The Balaban J connectivity index is 2.03. The summed E-state index contributed by atoms with van der Waals surface area (Å²) in [6.45, 7) is 10.3. The topological polar surface area (TPSA) is 15.3 Å². The SMILES string of the molecule is CN(CC1CCNc2ccccc21)CC(C)(C)C. The van der Waals surface area contributed by atoms with Gasteiger partial charge in [-0.1, -0.05) is 39.0 Å². The predicted molar refractivity (Wildman–Crippen MR) is 79.2 cm³/mol. The minimum absolute atomic E-state index is 0.376. The largest absolute Gasteiger partial charge is 0.385 e. The summed E-state index contributed by atoms with van der Waals surface area (Å²) in [5, 5.41) is 3.50. The molecule has 100 valence electrons. The Morgan fingerprint density at radius 2 is 2.00 bits per heavy atom. The van der Waals surface area contributed by atoms with E-state index in [0.717, 1.165) is 19.6 Å². The van der Waals surface area contributed by atoms with E-state index >= 15 is 0 Å². The first kappa shape index (κ1) is 13.4. The van der Waals surface area contributed by atoms with Crippen LogP contribution in [-0.4, -0.2) is 31.6 Å². The van der Waals surface area contributed by atoms with Crippen molar-refractivity contribution in [1.82, 2.24) is 4.90 Å². The van der Waals surface area contributed by atoms with Gasteiger partial charge in [0, 0.05) is 31.2 Å². The number of nitrogens with zero attached hydrogens (tertiary/aromatic N) is 1. The maximum Gasteiger partial charge on any atom is 0.0376 e. The Morgan fingerprint density at radius 3 is 2.72 bits per heavy atom. The number of fused-ring (bicyclic) bond motifs is 1. The molecule has 0 saturated carbocycles. The molecule has 2 rings (SSSR count). The summed E-state index contributed by atoms with van der Waals surface area (Å²) in [5.74, 6) is 0.676. The fourth-order valence-corrected chi connectivity index (χ4v) is 2.99. The van der Waals surface area contributed by atoms with Gasteiger partial charge in [0.25, 0.3) is 0 Å². The summed E-state index contributed by atoms with van der Waals surface area (Å²) >= 11 is 0. The molecule has 1 heterocycles. The first-order valence-electron chi connectivity index (χ1n) is 6.97. The van der Waals surface area contributed by atoms with Gasteiger partial charge < -0.3 is 10.2 Å². The molecule has 0 aliphatic carbocycles. The second-order valence-electron chi connectivity index (χ2n) is 6.76. The standard InChI is InChI=1S/C16H26N2/c1-16(2,3)12-18(4)11-13-9-10-17-15-8-6-5-7-14(13)15/h5-8,13,17H,9-12H2,1-4H3. The molecule has 0 fully saturated rings. The smallest absolute Gasteiger partial charge is 0.0376 e. The van der Waals surface area contributed by atoms with Gasteiger partial charge in [-0.3, -0.25) is 0 Å². The van der Waals surface area contributed by atoms with Crippen LogP contribution in [-0.2, 0) is 0 Å². The Hall–Kier alpha value is -1.02. The molecule has 0 bridgehead atoms. The van der Waals surface area contributed by atoms with Crippen molar-refractivity contribution in [3.05, 3.63) is 29.8 Å². The van der Waals surface area contributed by atoms with Gasteiger partial charge in [-0.15, -0.1) is 0 Å². The number of benzene rings is 1. The van der Waals surface area contributed by atoms with Gasteiger partial charge in [-0.2, -0.15) is 0 Å². The molecule has 1 unspecified atom stereocenters. The Kier molecular flexibility index (Phi) is 3.96. The van der Waals surface area contributed by atoms with E-state index in [-0.39, 0.29) is 0 Å². The van der Waals surface area contributed by atoms with Crippen LogP contribution in [0, 0.1) is 5.41 Å². The molecule has 1 aliphatic heterocycles. The van der Waals surface area contributed by atoms with Crippen LogP contribution in [0.25, 0.3) is 0 Å². The van der Waals surface area contributed by atoms with Crippen LogP contribution in [0.5, 0.6) is 0 Å². The van der Waals surface area contributed by atoms with E-state index in [1.54, 1.807) is 0 Å². The molecule has 0 saturated heterocycles. The Morgan fingerprint density at radius 1 is 1.28 bits per heavy atom. The van der Waals surface area contributed by atoms with Crippen LogP contribution in [0.4, 0.5) is 5.69 Å². The summed E-state index contributed by atoms with van der Waals surface area (Å²) in [5.41, 5.74) is 3.20. The van der Waals surface area contributed by atoms with Gasteiger partial charge in [-0.25, -0.2) is 0 Å². The van der Waals surface area contributed by atoms with E-state index in [2.05, 4.69) is 62.3 Å². The molecule has 2 nitrogen and oxygen atoms in total. The van der Waals surface area contributed by atoms with E-state index < -0.39 is 0 Å². The van der Waals surface area contributed by atoms with Crippen molar-refractivity contribution < 1.29 is 0 Å². The molecule has 1 aliphatic rings. The van der Waals surface area contributed by atoms with Crippen LogP contribution in [0.15, 0.2) is 24.3 Å². The highest BCUT2D eigenvalue weighted by Gasteiger charge is 2.22. The second-order valence-corrected chi connectivity index (χ2v) is 6.76. The van der Waals surface area contributed by atoms with Crippen molar-refractivity contribution in [2.45, 2.75) is 33.1 Å². The lowest BCUT2D eigenvalue weighted by atomic mass is 9.89. The summed E-state index contributed by atoms with van der Waals surface area (Å²) in [6.07, 6.45) is 1.24. The molecule has 0 spiro atoms. The first-order valence-corrected chi connectivity index (χ1v) is 6.97. The van der Waals surface area contributed by atoms with Gasteiger partial charge in [-0.05, 0) is 30.5 Å². The summed E-state index contributed by atoms with van der Waals surface area (Å²) in [4.78, 5) is 2.48. The lowest BCUT2D eigenvalue weighted by molar-refractivity contribution is 0.214. The first-order chi connectivity index (χ1) is 8.46. The van der Waals surface area contributed by atoms with Crippen LogP contribution >= 0.6 is 0 Å². The number of anilines is 1. The minimum atomic E-state index is 0.376. The number of likely N-dealkylation sites (N-methyl/N-ethyl adjacent to an activating group) is 1. The van der Waals surface area contributed by atoms with Gasteiger partial charge in [0.15, 0.2) is 0 Å². The molecule has 0 amide bonds. The highest BCUT2D eigenvalue weighted by Crippen LogP contribution is 2.32. The second kappa shape index (κ2) is 5.31. The fraction of sp³-hybridized carbons (Fsp3) is 0.625. The molecule has 0 aromatic heterocycles. The fourth-order valence-electron chi connectivity index (χ4n) is 2.99. The highest BCUT2D eigenvalue weighted by atomic mass is 15.1. The van der Waals surface area contributed by atoms with Crippen LogP contribution in [0.1, 0.15) is 38.7 Å². The van der Waals surface area contributed by atoms with Crippen molar-refractivity contribution in [2.75, 3.05) is 32.0 Å². The third-order valence-electron chi connectivity index (χ3n) is 3.49. The van der Waals surface area contributed by atoms with Crippen molar-refractivity contribution in [1.29, 1.82) is 0 Å². The van der Waals surface area contributed by atoms with Crippen molar-refractivity contribution in [3.63, 3.8) is 0 Å². The average Bonchev–Trinajstić information content (AvgIpc) is 2.27. The van der Waals surface area contributed by atoms with Crippen LogP contribution < -0.4 is 5.32 Å². The van der Waals surface area contributed by atoms with E-state index in [1.165, 1.54) is 17.7 Å². The van der Waals surface area contributed by atoms with Crippen LogP contribution in [0.2, 0.25) is 0 Å². The summed E-state index contributed by atoms with van der Waals surface area (Å²) < 4.78 is 0. The molecule has 1 aromatic carbocycles. The molecule has 0 radical (unpaired) electrons. The Bertz CT molecular complexity index is 392. The number of para-hydroxylation sites is 1. The van der Waals surface area contributed by atoms with E-state index in [4.69, 9.17) is 0 Å². The molecule has 1 N–H and O–H groups in total. The van der Waals surface area contributed by atoms with Crippen LogP contribution in [0.3, 0.4) is 0 Å². The predicted octanol–water partition coefficient (Wildman–Crippen LogP) is 3.56. The lowest BCUT2D eigenvalue weighted by Gasteiger charge is -2.33. The Labute approximate surface area is 111 Å². The minimum Gasteiger partial charge on any atom is -0.385 e. The lowest BCUT2D eigenvalue weighted by Crippen LogP contribution is -2.34. The quantitative estimate of drug-likeness (QED) is 0.877. The van der Waals surface area contributed by atoms with E-state index in [9.17, 15) is 0 Å². The van der Waals surface area contributed by atoms with Gasteiger partial charge in [0.1, 0.15) is 0 Å². The molecule has 1 atom stereocenters. The molecule has 2 heteroatoms. The normalized spacial score (nSPS) is 19.5. The zero-order valence-electron chi connectivity index (χ0n) is 12.2. The zero-order chi connectivity index (χ0) is 13.2. The summed E-state index contributed by atoms with van der Waals surface area (Å²) in [6, 6.07) is 8.75. The molecular formula is C16H26N2. The molecule has 18 heavy (non-hydrogen) atoms. The average molecular weight is 246 g/mol. The van der Waals surface area contributed by atoms with Gasteiger partial charge >= 0.3 is 0 Å². The maximum absolute atomic E-state index is 3.50. The maximum atomic E-state index is 3.50. The zero-order valence-corrected chi connectivity index (χ0v) is 12.2. The van der Waals surface area contributed by atoms with E-state index in [0.29, 0.717) is 11.3 Å². The van der Waals surface area contributed by atoms with Gasteiger partial charge in [0.05, 0.1) is 0 Å². The molecule has 1 aromatic rings. The molecular weight excluding hydrogens is 220 g/mol. The summed E-state index contributed by atoms with van der Waals surface area (Å²) in [7, 11) is 2.25. The number of hydrogen-bond donors (Lipinski definition) is 1. The van der Waals surface area contributed by atoms with E-state index in [1.807, 2.05) is 0 Å². The van der Waals surface area contributed by atoms with Crippen molar-refractivity contribution in [3.8, 4) is 0 Å². The third kappa shape index (κ3) is 3.49. The van der Waals surface area contributed by atoms with Gasteiger partial charge in [0.2, 0.25) is 0 Å². The monoisotopic (exact) mass is 246 g/mol. The van der Waals surface area contributed by atoms with Crippen molar-refractivity contribution >= 4 is 5.69 Å². The number of rotatable bonds is 3. The van der Waals surface area contributed by atoms with Crippen molar-refractivity contribution in [2.24, 2.45) is 5.41 Å². The highest BCUT2D eigenvalue weighted by molar-refractivity contribution is 5.54. The third-order valence-corrected chi connectivity index (χ3v) is 3.49. The number of nitrogens with one attached hydrogen (secondary N) is 1. The number of hydrogen-bond acceptors (Lipinski definition) is 2.